The first kappa shape index (κ1) is 17.9. The van der Waals surface area contributed by atoms with Crippen LogP contribution in [0.3, 0.4) is 0 Å². The second kappa shape index (κ2) is 5.76. The third-order valence-corrected chi connectivity index (χ3v) is 6.34. The van der Waals surface area contributed by atoms with Gasteiger partial charge in [-0.05, 0) is 32.0 Å². The van der Waals surface area contributed by atoms with Gasteiger partial charge in [-0.2, -0.15) is 0 Å². The number of ketones is 1. The first-order chi connectivity index (χ1) is 12.8. The number of carbonyl (C=O) groups excluding carboxylic acids is 3. The van der Waals surface area contributed by atoms with Crippen LogP contribution in [0.25, 0.3) is 0 Å². The number of halogens is 1. The van der Waals surface area contributed by atoms with Gasteiger partial charge in [0, 0.05) is 21.5 Å². The van der Waals surface area contributed by atoms with Crippen molar-refractivity contribution in [3.05, 3.63) is 63.6 Å². The molecule has 3 atom stereocenters. The lowest BCUT2D eigenvalue weighted by atomic mass is 9.86. The molecule has 138 valence electrons. The Morgan fingerprint density at radius 1 is 1.15 bits per heavy atom. The quantitative estimate of drug-likeness (QED) is 0.321. The van der Waals surface area contributed by atoms with E-state index in [9.17, 15) is 14.4 Å². The van der Waals surface area contributed by atoms with Gasteiger partial charge in [-0.25, -0.2) is 0 Å². The van der Waals surface area contributed by atoms with Crippen LogP contribution in [0.2, 0.25) is 0 Å². The molecule has 0 aromatic heterocycles. The summed E-state index contributed by atoms with van der Waals surface area (Å²) in [5, 5.41) is 0. The van der Waals surface area contributed by atoms with Crippen LogP contribution in [-0.2, 0) is 14.3 Å². The Balaban J connectivity index is 1.91. The molecule has 4 rings (SSSR count). The first-order valence-electron chi connectivity index (χ1n) is 8.50. The molecule has 6 heteroatoms. The Bertz CT molecular complexity index is 996. The van der Waals surface area contributed by atoms with Crippen molar-refractivity contribution in [2.24, 2.45) is 10.8 Å². The van der Waals surface area contributed by atoms with E-state index in [0.717, 1.165) is 10.0 Å². The molecule has 1 aliphatic heterocycles. The van der Waals surface area contributed by atoms with Crippen LogP contribution in [-0.4, -0.2) is 24.8 Å². The molecule has 2 aromatic carbocycles. The van der Waals surface area contributed by atoms with E-state index in [1.807, 2.05) is 19.1 Å². The van der Waals surface area contributed by atoms with E-state index in [-0.39, 0.29) is 5.78 Å². The largest absolute Gasteiger partial charge is 0.468 e. The number of methoxy groups -OCH3 is 1. The fourth-order valence-corrected chi connectivity index (χ4v) is 4.78. The molecule has 2 aliphatic rings. The summed E-state index contributed by atoms with van der Waals surface area (Å²) >= 11 is 3.41. The molecule has 27 heavy (non-hydrogen) atoms. The third kappa shape index (κ3) is 2.13. The van der Waals surface area contributed by atoms with Crippen LogP contribution in [0, 0.1) is 17.8 Å². The van der Waals surface area contributed by atoms with Gasteiger partial charge in [-0.15, -0.1) is 0 Å². The highest BCUT2D eigenvalue weighted by Crippen LogP contribution is 2.78. The standard InChI is InChI=1S/C21H17BrO5/c1-11-4-6-12(7-5-11)17(23)20(2)16-14-10-13(22)8-9-15(14)27-19(25)21(16,20)18(24)26-3/h4-10,16H,1-3H3/t16-,20+,21-/m0/s1. The van der Waals surface area contributed by atoms with Gasteiger partial charge < -0.3 is 9.47 Å². The minimum absolute atomic E-state index is 0.275. The molecule has 1 aliphatic carbocycles. The molecular formula is C21H17BrO5. The molecule has 0 spiro atoms. The zero-order valence-electron chi connectivity index (χ0n) is 15.0. The number of hydrogen-bond donors (Lipinski definition) is 0. The van der Waals surface area contributed by atoms with Crippen molar-refractivity contribution in [1.82, 2.24) is 0 Å². The number of fused-ring (bicyclic) bond motifs is 3. The van der Waals surface area contributed by atoms with Gasteiger partial charge in [0.25, 0.3) is 0 Å². The van der Waals surface area contributed by atoms with Crippen molar-refractivity contribution in [1.29, 1.82) is 0 Å². The molecule has 0 saturated heterocycles. The van der Waals surface area contributed by atoms with Gasteiger partial charge in [-0.3, -0.25) is 14.4 Å². The topological polar surface area (TPSA) is 69.7 Å². The fraction of sp³-hybridized carbons (Fsp3) is 0.286. The minimum atomic E-state index is -1.67. The number of aryl methyl sites for hydroxylation is 1. The predicted octanol–water partition coefficient (Wildman–Crippen LogP) is 3.82. The summed E-state index contributed by atoms with van der Waals surface area (Å²) in [7, 11) is 1.22. The zero-order chi connectivity index (χ0) is 19.6. The van der Waals surface area contributed by atoms with Crippen molar-refractivity contribution in [2.45, 2.75) is 19.8 Å². The van der Waals surface area contributed by atoms with Gasteiger partial charge in [0.05, 0.1) is 12.5 Å². The summed E-state index contributed by atoms with van der Waals surface area (Å²) in [5.74, 6) is -2.03. The molecular weight excluding hydrogens is 412 g/mol. The van der Waals surface area contributed by atoms with E-state index >= 15 is 0 Å². The molecule has 0 bridgehead atoms. The van der Waals surface area contributed by atoms with Gasteiger partial charge in [-0.1, -0.05) is 45.8 Å². The van der Waals surface area contributed by atoms with E-state index in [0.29, 0.717) is 16.9 Å². The number of benzene rings is 2. The Labute approximate surface area is 164 Å². The molecule has 0 amide bonds. The van der Waals surface area contributed by atoms with Crippen molar-refractivity contribution < 1.29 is 23.9 Å². The van der Waals surface area contributed by atoms with Crippen molar-refractivity contribution in [3.8, 4) is 5.75 Å². The van der Waals surface area contributed by atoms with Crippen molar-refractivity contribution in [3.63, 3.8) is 0 Å². The average Bonchev–Trinajstić information content (AvgIpc) is 3.25. The maximum Gasteiger partial charge on any atom is 0.330 e. The summed E-state index contributed by atoms with van der Waals surface area (Å²) in [5.41, 5.74) is -0.834. The second-order valence-electron chi connectivity index (χ2n) is 7.20. The lowest BCUT2D eigenvalue weighted by Crippen LogP contribution is -2.39. The van der Waals surface area contributed by atoms with E-state index in [1.54, 1.807) is 37.3 Å². The molecule has 1 fully saturated rings. The van der Waals surface area contributed by atoms with Crippen LogP contribution in [0.5, 0.6) is 5.75 Å². The number of esters is 2. The summed E-state index contributed by atoms with van der Waals surface area (Å²) in [6, 6.07) is 12.3. The highest BCUT2D eigenvalue weighted by Gasteiger charge is 2.89. The van der Waals surface area contributed by atoms with Crippen molar-refractivity contribution >= 4 is 33.7 Å². The number of rotatable bonds is 3. The highest BCUT2D eigenvalue weighted by atomic mass is 79.9. The molecule has 0 unspecified atom stereocenters. The summed E-state index contributed by atoms with van der Waals surface area (Å²) in [6.07, 6.45) is 0. The van der Waals surface area contributed by atoms with Crippen LogP contribution < -0.4 is 4.74 Å². The Morgan fingerprint density at radius 3 is 2.44 bits per heavy atom. The third-order valence-electron chi connectivity index (χ3n) is 5.85. The smallest absolute Gasteiger partial charge is 0.330 e. The van der Waals surface area contributed by atoms with Crippen LogP contribution >= 0.6 is 15.9 Å². The average molecular weight is 429 g/mol. The SMILES string of the molecule is COC(=O)[C@]12C(=O)Oc3ccc(Br)cc3[C@H]1[C@]2(C)C(=O)c1ccc(C)cc1. The molecule has 1 heterocycles. The lowest BCUT2D eigenvalue weighted by Gasteiger charge is -2.21. The minimum Gasteiger partial charge on any atom is -0.468 e. The number of Topliss-reactive ketones (excluding diaryl/α,β-unsaturated/α-hetero) is 1. The Hall–Kier alpha value is -2.47. The van der Waals surface area contributed by atoms with Gasteiger partial charge in [0.15, 0.2) is 11.2 Å². The summed E-state index contributed by atoms with van der Waals surface area (Å²) in [6.45, 7) is 3.57. The van der Waals surface area contributed by atoms with Gasteiger partial charge in [0.2, 0.25) is 0 Å². The van der Waals surface area contributed by atoms with Gasteiger partial charge >= 0.3 is 11.9 Å². The van der Waals surface area contributed by atoms with Crippen LogP contribution in [0.15, 0.2) is 46.9 Å². The molecule has 2 aromatic rings. The van der Waals surface area contributed by atoms with Crippen LogP contribution in [0.1, 0.15) is 34.3 Å². The Morgan fingerprint density at radius 2 is 1.81 bits per heavy atom. The normalized spacial score (nSPS) is 27.9. The monoisotopic (exact) mass is 428 g/mol. The summed E-state index contributed by atoms with van der Waals surface area (Å²) in [4.78, 5) is 39.1. The predicted molar refractivity (Wildman–Crippen MR) is 101 cm³/mol. The second-order valence-corrected chi connectivity index (χ2v) is 8.12. The number of ether oxygens (including phenoxy) is 2. The van der Waals surface area contributed by atoms with E-state index in [1.165, 1.54) is 7.11 Å². The highest BCUT2D eigenvalue weighted by molar-refractivity contribution is 9.10. The van der Waals surface area contributed by atoms with Gasteiger partial charge in [0.1, 0.15) is 5.75 Å². The fourth-order valence-electron chi connectivity index (χ4n) is 4.40. The molecule has 1 saturated carbocycles. The van der Waals surface area contributed by atoms with E-state index in [4.69, 9.17) is 9.47 Å². The number of hydrogen-bond acceptors (Lipinski definition) is 5. The zero-order valence-corrected chi connectivity index (χ0v) is 16.6. The van der Waals surface area contributed by atoms with E-state index in [2.05, 4.69) is 15.9 Å². The van der Waals surface area contributed by atoms with E-state index < -0.39 is 28.7 Å². The Kier molecular flexibility index (Phi) is 3.82. The molecule has 0 N–H and O–H groups in total. The maximum absolute atomic E-state index is 13.4. The van der Waals surface area contributed by atoms with Crippen molar-refractivity contribution in [2.75, 3.05) is 7.11 Å². The number of carbonyl (C=O) groups is 3. The van der Waals surface area contributed by atoms with Crippen LogP contribution in [0.4, 0.5) is 0 Å². The molecule has 5 nitrogen and oxygen atoms in total. The molecule has 0 radical (unpaired) electrons. The first-order valence-corrected chi connectivity index (χ1v) is 9.29. The lowest BCUT2D eigenvalue weighted by molar-refractivity contribution is -0.160. The maximum atomic E-state index is 13.4. The summed E-state index contributed by atoms with van der Waals surface area (Å²) < 4.78 is 11.2.